The van der Waals surface area contributed by atoms with E-state index in [1.54, 1.807) is 6.07 Å². The lowest BCUT2D eigenvalue weighted by Gasteiger charge is -2.05. The summed E-state index contributed by atoms with van der Waals surface area (Å²) in [5.74, 6) is -0.906. The summed E-state index contributed by atoms with van der Waals surface area (Å²) < 4.78 is 6.69. The Morgan fingerprint density at radius 2 is 2.00 bits per heavy atom. The number of benzene rings is 1. The largest absolute Gasteiger partial charge is 0.475 e. The van der Waals surface area contributed by atoms with Gasteiger partial charge in [-0.25, -0.2) is 9.78 Å². The van der Waals surface area contributed by atoms with Crippen LogP contribution in [0.5, 0.6) is 0 Å². The maximum atomic E-state index is 13.0. The van der Waals surface area contributed by atoms with Crippen molar-refractivity contribution in [2.24, 2.45) is 0 Å². The van der Waals surface area contributed by atoms with Crippen LogP contribution < -0.4 is 5.56 Å². The highest BCUT2D eigenvalue weighted by molar-refractivity contribution is 7.17. The Balaban J connectivity index is 1.76. The molecule has 0 saturated heterocycles. The van der Waals surface area contributed by atoms with E-state index in [1.165, 1.54) is 33.9 Å². The first kappa shape index (κ1) is 17.2. The lowest BCUT2D eigenvalue weighted by molar-refractivity contribution is 0.0660. The van der Waals surface area contributed by atoms with Crippen molar-refractivity contribution in [3.8, 4) is 11.1 Å². The predicted octanol–water partition coefficient (Wildman–Crippen LogP) is 4.03. The number of hydrogen-bond donors (Lipinski definition) is 1. The maximum absolute atomic E-state index is 13.0. The van der Waals surface area contributed by atoms with Crippen molar-refractivity contribution in [3.63, 3.8) is 0 Å². The quantitative estimate of drug-likeness (QED) is 0.565. The number of furan rings is 1. The van der Waals surface area contributed by atoms with Gasteiger partial charge in [-0.05, 0) is 29.7 Å². The molecule has 0 saturated carbocycles. The fraction of sp³-hybridized carbons (Fsp3) is 0.150. The molecule has 7 heteroatoms. The van der Waals surface area contributed by atoms with Gasteiger partial charge in [0.05, 0.1) is 18.3 Å². The minimum absolute atomic E-state index is 0.124. The molecule has 27 heavy (non-hydrogen) atoms. The van der Waals surface area contributed by atoms with Crippen molar-refractivity contribution >= 4 is 27.5 Å². The average Bonchev–Trinajstić information content (AvgIpc) is 3.32. The Hall–Kier alpha value is -3.19. The number of fused-ring (bicyclic) bond motifs is 1. The van der Waals surface area contributed by atoms with Gasteiger partial charge >= 0.3 is 5.97 Å². The van der Waals surface area contributed by atoms with E-state index in [-0.39, 0.29) is 17.9 Å². The van der Waals surface area contributed by atoms with E-state index >= 15 is 0 Å². The standard InChI is InChI=1S/C20H16N2O4S/c1-2-12-3-5-13(6-4-12)15-10-27-18-17(15)19(23)22(11-21-18)9-14-7-8-16(26-14)20(24)25/h3-8,10-11H,2,9H2,1H3,(H,24,25). The maximum Gasteiger partial charge on any atom is 0.371 e. The molecule has 0 bridgehead atoms. The van der Waals surface area contributed by atoms with Crippen molar-refractivity contribution in [2.75, 3.05) is 0 Å². The van der Waals surface area contributed by atoms with Crippen molar-refractivity contribution in [1.82, 2.24) is 9.55 Å². The van der Waals surface area contributed by atoms with Gasteiger partial charge in [0.2, 0.25) is 5.76 Å². The highest BCUT2D eigenvalue weighted by Crippen LogP contribution is 2.30. The lowest BCUT2D eigenvalue weighted by Crippen LogP contribution is -2.20. The van der Waals surface area contributed by atoms with E-state index in [4.69, 9.17) is 9.52 Å². The molecular weight excluding hydrogens is 364 g/mol. The first-order chi connectivity index (χ1) is 13.1. The van der Waals surface area contributed by atoms with Crippen LogP contribution in [0.15, 0.2) is 57.3 Å². The van der Waals surface area contributed by atoms with E-state index in [2.05, 4.69) is 24.0 Å². The molecule has 3 heterocycles. The monoisotopic (exact) mass is 380 g/mol. The van der Waals surface area contributed by atoms with Gasteiger partial charge in [0.25, 0.3) is 5.56 Å². The Morgan fingerprint density at radius 3 is 2.67 bits per heavy atom. The van der Waals surface area contributed by atoms with E-state index < -0.39 is 5.97 Å². The van der Waals surface area contributed by atoms with Gasteiger partial charge in [-0.3, -0.25) is 9.36 Å². The van der Waals surface area contributed by atoms with Gasteiger partial charge in [0.15, 0.2) is 0 Å². The third kappa shape index (κ3) is 3.17. The molecule has 0 atom stereocenters. The minimum Gasteiger partial charge on any atom is -0.475 e. The van der Waals surface area contributed by atoms with Gasteiger partial charge < -0.3 is 9.52 Å². The van der Waals surface area contributed by atoms with Crippen LogP contribution in [0, 0.1) is 0 Å². The molecule has 0 unspecified atom stereocenters. The average molecular weight is 380 g/mol. The number of carboxylic acids is 1. The first-order valence-corrected chi connectivity index (χ1v) is 9.32. The van der Waals surface area contributed by atoms with E-state index in [0.29, 0.717) is 16.0 Å². The van der Waals surface area contributed by atoms with Crippen LogP contribution in [0.4, 0.5) is 0 Å². The van der Waals surface area contributed by atoms with E-state index in [1.807, 2.05) is 17.5 Å². The number of carbonyl (C=O) groups is 1. The van der Waals surface area contributed by atoms with E-state index in [0.717, 1.165) is 17.5 Å². The lowest BCUT2D eigenvalue weighted by atomic mass is 10.0. The molecule has 1 N–H and O–H groups in total. The van der Waals surface area contributed by atoms with Gasteiger partial charge in [0, 0.05) is 10.9 Å². The minimum atomic E-state index is -1.14. The topological polar surface area (TPSA) is 85.3 Å². The number of nitrogens with zero attached hydrogens (tertiary/aromatic N) is 2. The highest BCUT2D eigenvalue weighted by atomic mass is 32.1. The van der Waals surface area contributed by atoms with Gasteiger partial charge in [-0.15, -0.1) is 11.3 Å². The van der Waals surface area contributed by atoms with Crippen LogP contribution in [-0.2, 0) is 13.0 Å². The molecule has 0 fully saturated rings. The normalized spacial score (nSPS) is 11.1. The number of aryl methyl sites for hydroxylation is 1. The second-order valence-electron chi connectivity index (χ2n) is 6.13. The summed E-state index contributed by atoms with van der Waals surface area (Å²) in [6, 6.07) is 11.1. The molecule has 0 amide bonds. The zero-order chi connectivity index (χ0) is 19.0. The Morgan fingerprint density at radius 1 is 1.22 bits per heavy atom. The Kier molecular flexibility index (Phi) is 4.37. The molecule has 3 aromatic heterocycles. The zero-order valence-electron chi connectivity index (χ0n) is 14.5. The van der Waals surface area contributed by atoms with E-state index in [9.17, 15) is 9.59 Å². The van der Waals surface area contributed by atoms with Crippen LogP contribution in [0.1, 0.15) is 28.8 Å². The SMILES string of the molecule is CCc1ccc(-c2csc3ncn(Cc4ccc(C(=O)O)o4)c(=O)c23)cc1. The Labute approximate surface area is 158 Å². The number of thiophene rings is 1. The summed E-state index contributed by atoms with van der Waals surface area (Å²) in [4.78, 5) is 29.0. The molecule has 0 aliphatic carbocycles. The predicted molar refractivity (Wildman–Crippen MR) is 103 cm³/mol. The summed E-state index contributed by atoms with van der Waals surface area (Å²) in [6.45, 7) is 2.22. The number of hydrogen-bond acceptors (Lipinski definition) is 5. The molecule has 1 aromatic carbocycles. The fourth-order valence-corrected chi connectivity index (χ4v) is 3.86. The smallest absolute Gasteiger partial charge is 0.371 e. The molecule has 4 aromatic rings. The summed E-state index contributed by atoms with van der Waals surface area (Å²) in [5, 5.41) is 11.5. The number of rotatable bonds is 5. The second kappa shape index (κ2) is 6.85. The van der Waals surface area contributed by atoms with Crippen molar-refractivity contribution in [1.29, 1.82) is 0 Å². The molecule has 136 valence electrons. The fourth-order valence-electron chi connectivity index (χ4n) is 2.96. The second-order valence-corrected chi connectivity index (χ2v) is 6.99. The summed E-state index contributed by atoms with van der Waals surface area (Å²) in [7, 11) is 0. The third-order valence-corrected chi connectivity index (χ3v) is 5.32. The molecule has 6 nitrogen and oxygen atoms in total. The third-order valence-electron chi connectivity index (χ3n) is 4.43. The van der Waals surface area contributed by atoms with Crippen LogP contribution in [0.3, 0.4) is 0 Å². The summed E-state index contributed by atoms with van der Waals surface area (Å²) >= 11 is 1.43. The van der Waals surface area contributed by atoms with Crippen molar-refractivity contribution < 1.29 is 14.3 Å². The molecule has 0 spiro atoms. The highest BCUT2D eigenvalue weighted by Gasteiger charge is 2.15. The molecule has 0 radical (unpaired) electrons. The molecule has 0 aliphatic rings. The molecular formula is C20H16N2O4S. The van der Waals surface area contributed by atoms with Crippen LogP contribution in [0.25, 0.3) is 21.3 Å². The van der Waals surface area contributed by atoms with Crippen molar-refractivity contribution in [2.45, 2.75) is 19.9 Å². The van der Waals surface area contributed by atoms with Crippen LogP contribution in [0.2, 0.25) is 0 Å². The van der Waals surface area contributed by atoms with Crippen LogP contribution >= 0.6 is 11.3 Å². The first-order valence-electron chi connectivity index (χ1n) is 8.44. The number of aromatic nitrogens is 2. The van der Waals surface area contributed by atoms with Gasteiger partial charge in [-0.1, -0.05) is 31.2 Å². The molecule has 0 aliphatic heterocycles. The summed E-state index contributed by atoms with van der Waals surface area (Å²) in [6.07, 6.45) is 2.43. The number of carboxylic acid groups (broad SMARTS) is 1. The zero-order valence-corrected chi connectivity index (χ0v) is 15.3. The van der Waals surface area contributed by atoms with Crippen molar-refractivity contribution in [3.05, 3.63) is 75.5 Å². The van der Waals surface area contributed by atoms with Gasteiger partial charge in [-0.2, -0.15) is 0 Å². The Bertz CT molecular complexity index is 1180. The number of aromatic carboxylic acids is 1. The van der Waals surface area contributed by atoms with Gasteiger partial charge in [0.1, 0.15) is 10.6 Å². The molecule has 4 rings (SSSR count). The van der Waals surface area contributed by atoms with Crippen LogP contribution in [-0.4, -0.2) is 20.6 Å². The summed E-state index contributed by atoms with van der Waals surface area (Å²) in [5.41, 5.74) is 2.89.